The van der Waals surface area contributed by atoms with E-state index in [9.17, 15) is 4.79 Å². The summed E-state index contributed by atoms with van der Waals surface area (Å²) < 4.78 is 5.53. The van der Waals surface area contributed by atoms with Crippen LogP contribution in [0, 0.1) is 13.8 Å². The Kier molecular flexibility index (Phi) is 5.40. The van der Waals surface area contributed by atoms with Gasteiger partial charge < -0.3 is 10.1 Å². The van der Waals surface area contributed by atoms with Crippen molar-refractivity contribution in [1.82, 2.24) is 15.5 Å². The summed E-state index contributed by atoms with van der Waals surface area (Å²) in [5.41, 5.74) is 3.63. The molecule has 5 nitrogen and oxygen atoms in total. The van der Waals surface area contributed by atoms with Gasteiger partial charge in [0, 0.05) is 11.6 Å². The molecule has 1 amide bonds. The normalized spacial score (nSPS) is 10.5. The second-order valence-electron chi connectivity index (χ2n) is 5.71. The van der Waals surface area contributed by atoms with Crippen LogP contribution in [0.3, 0.4) is 0 Å². The summed E-state index contributed by atoms with van der Waals surface area (Å²) in [6.45, 7) is 4.70. The molecule has 6 heteroatoms. The van der Waals surface area contributed by atoms with Crippen molar-refractivity contribution >= 4 is 17.2 Å². The minimum Gasteiger partial charge on any atom is -0.475 e. The zero-order valence-corrected chi connectivity index (χ0v) is 15.0. The summed E-state index contributed by atoms with van der Waals surface area (Å²) in [6.07, 6.45) is 0. The number of carbonyl (C=O) groups is 1. The van der Waals surface area contributed by atoms with Crippen molar-refractivity contribution < 1.29 is 9.53 Å². The zero-order valence-electron chi connectivity index (χ0n) is 14.2. The Morgan fingerprint density at radius 2 is 1.92 bits per heavy atom. The van der Waals surface area contributed by atoms with Gasteiger partial charge in [0.15, 0.2) is 0 Å². The van der Waals surface area contributed by atoms with Crippen LogP contribution < -0.4 is 10.1 Å². The highest BCUT2D eigenvalue weighted by atomic mass is 32.1. The van der Waals surface area contributed by atoms with Gasteiger partial charge in [-0.3, -0.25) is 4.79 Å². The van der Waals surface area contributed by atoms with Gasteiger partial charge in [-0.15, -0.1) is 21.5 Å². The number of aromatic nitrogens is 2. The summed E-state index contributed by atoms with van der Waals surface area (Å²) in [5, 5.41) is 13.1. The molecule has 3 rings (SSSR count). The third kappa shape index (κ3) is 4.64. The standard InChI is InChI=1S/C19H19N3O2S/c1-13-10-14(2)12-15(11-13)19(23)20-7-8-24-18-6-5-16(21-22-18)17-4-3-9-25-17/h3-6,9-12H,7-8H2,1-2H3,(H,20,23). The van der Waals surface area contributed by atoms with Crippen molar-refractivity contribution in [2.45, 2.75) is 13.8 Å². The monoisotopic (exact) mass is 353 g/mol. The third-order valence-electron chi connectivity index (χ3n) is 3.54. The fourth-order valence-electron chi connectivity index (χ4n) is 2.48. The predicted molar refractivity (Wildman–Crippen MR) is 99.1 cm³/mol. The predicted octanol–water partition coefficient (Wildman–Crippen LogP) is 3.63. The van der Waals surface area contributed by atoms with Crippen LogP contribution in [0.5, 0.6) is 5.88 Å². The highest BCUT2D eigenvalue weighted by Crippen LogP contribution is 2.22. The molecule has 1 N–H and O–H groups in total. The Morgan fingerprint density at radius 3 is 2.56 bits per heavy atom. The number of aryl methyl sites for hydroxylation is 2. The first-order chi connectivity index (χ1) is 12.1. The van der Waals surface area contributed by atoms with Gasteiger partial charge in [-0.2, -0.15) is 0 Å². The van der Waals surface area contributed by atoms with E-state index in [0.717, 1.165) is 21.7 Å². The van der Waals surface area contributed by atoms with Gasteiger partial charge in [0.1, 0.15) is 12.3 Å². The number of hydrogen-bond donors (Lipinski definition) is 1. The van der Waals surface area contributed by atoms with Crippen LogP contribution in [0.25, 0.3) is 10.6 Å². The van der Waals surface area contributed by atoms with Gasteiger partial charge in [0.2, 0.25) is 5.88 Å². The van der Waals surface area contributed by atoms with Crippen molar-refractivity contribution in [3.63, 3.8) is 0 Å². The maximum Gasteiger partial charge on any atom is 0.251 e. The van der Waals surface area contributed by atoms with E-state index in [1.165, 1.54) is 0 Å². The van der Waals surface area contributed by atoms with Crippen LogP contribution in [-0.2, 0) is 0 Å². The number of hydrogen-bond acceptors (Lipinski definition) is 5. The summed E-state index contributed by atoms with van der Waals surface area (Å²) >= 11 is 1.62. The van der Waals surface area contributed by atoms with Crippen LogP contribution in [0.15, 0.2) is 47.8 Å². The summed E-state index contributed by atoms with van der Waals surface area (Å²) in [4.78, 5) is 13.2. The topological polar surface area (TPSA) is 64.1 Å². The number of nitrogens with zero attached hydrogens (tertiary/aromatic N) is 2. The number of benzene rings is 1. The molecule has 0 radical (unpaired) electrons. The van der Waals surface area contributed by atoms with Gasteiger partial charge >= 0.3 is 0 Å². The van der Waals surface area contributed by atoms with Crippen LogP contribution in [-0.4, -0.2) is 29.3 Å². The maximum absolute atomic E-state index is 12.1. The number of ether oxygens (including phenoxy) is 1. The summed E-state index contributed by atoms with van der Waals surface area (Å²) in [6, 6.07) is 13.4. The lowest BCUT2D eigenvalue weighted by molar-refractivity contribution is 0.0946. The van der Waals surface area contributed by atoms with Crippen LogP contribution in [0.4, 0.5) is 0 Å². The smallest absolute Gasteiger partial charge is 0.251 e. The molecule has 0 spiro atoms. The first-order valence-corrected chi connectivity index (χ1v) is 8.87. The molecule has 0 atom stereocenters. The Morgan fingerprint density at radius 1 is 1.12 bits per heavy atom. The Balaban J connectivity index is 1.47. The van der Waals surface area contributed by atoms with E-state index in [2.05, 4.69) is 15.5 Å². The largest absolute Gasteiger partial charge is 0.475 e. The first kappa shape index (κ1) is 17.1. The quantitative estimate of drug-likeness (QED) is 0.687. The van der Waals surface area contributed by atoms with Crippen LogP contribution in [0.2, 0.25) is 0 Å². The molecule has 2 heterocycles. The second kappa shape index (κ2) is 7.90. The van der Waals surface area contributed by atoms with Gasteiger partial charge in [-0.25, -0.2) is 0 Å². The number of thiophene rings is 1. The first-order valence-electron chi connectivity index (χ1n) is 7.99. The molecule has 1 aromatic carbocycles. The fraction of sp³-hybridized carbons (Fsp3) is 0.211. The third-order valence-corrected chi connectivity index (χ3v) is 4.43. The van der Waals surface area contributed by atoms with E-state index in [1.807, 2.05) is 55.6 Å². The molecule has 0 saturated carbocycles. The lowest BCUT2D eigenvalue weighted by Crippen LogP contribution is -2.28. The lowest BCUT2D eigenvalue weighted by Gasteiger charge is -2.08. The van der Waals surface area contributed by atoms with E-state index in [1.54, 1.807) is 17.4 Å². The maximum atomic E-state index is 12.1. The lowest BCUT2D eigenvalue weighted by atomic mass is 10.1. The second-order valence-corrected chi connectivity index (χ2v) is 6.66. The van der Waals surface area contributed by atoms with Crippen molar-refractivity contribution in [3.8, 4) is 16.5 Å². The van der Waals surface area contributed by atoms with Gasteiger partial charge in [-0.05, 0) is 43.5 Å². The average Bonchev–Trinajstić information content (AvgIpc) is 3.13. The molecular formula is C19H19N3O2S. The van der Waals surface area contributed by atoms with Crippen molar-refractivity contribution in [2.24, 2.45) is 0 Å². The van der Waals surface area contributed by atoms with Gasteiger partial charge in [0.25, 0.3) is 5.91 Å². The van der Waals surface area contributed by atoms with Crippen molar-refractivity contribution in [1.29, 1.82) is 0 Å². The molecule has 0 fully saturated rings. The Labute approximate surface area is 150 Å². The highest BCUT2D eigenvalue weighted by molar-refractivity contribution is 7.13. The minimum absolute atomic E-state index is 0.102. The van der Waals surface area contributed by atoms with Crippen molar-refractivity contribution in [3.05, 3.63) is 64.5 Å². The molecule has 0 unspecified atom stereocenters. The number of rotatable bonds is 6. The van der Waals surface area contributed by atoms with E-state index < -0.39 is 0 Å². The Bertz CT molecular complexity index is 825. The van der Waals surface area contributed by atoms with Crippen molar-refractivity contribution in [2.75, 3.05) is 13.2 Å². The van der Waals surface area contributed by atoms with E-state index >= 15 is 0 Å². The fourth-order valence-corrected chi connectivity index (χ4v) is 3.17. The van der Waals surface area contributed by atoms with Gasteiger partial charge in [-0.1, -0.05) is 23.3 Å². The number of nitrogens with one attached hydrogen (secondary N) is 1. The average molecular weight is 353 g/mol. The molecule has 0 aliphatic carbocycles. The number of carbonyl (C=O) groups excluding carboxylic acids is 1. The molecule has 2 aromatic heterocycles. The molecule has 0 aliphatic heterocycles. The minimum atomic E-state index is -0.102. The SMILES string of the molecule is Cc1cc(C)cc(C(=O)NCCOc2ccc(-c3cccs3)nn2)c1. The van der Waals surface area contributed by atoms with E-state index in [0.29, 0.717) is 24.6 Å². The molecule has 0 saturated heterocycles. The summed E-state index contributed by atoms with van der Waals surface area (Å²) in [7, 11) is 0. The summed E-state index contributed by atoms with van der Waals surface area (Å²) in [5.74, 6) is 0.343. The van der Waals surface area contributed by atoms with Crippen LogP contribution >= 0.6 is 11.3 Å². The zero-order chi connectivity index (χ0) is 17.6. The Hall–Kier alpha value is -2.73. The molecule has 25 heavy (non-hydrogen) atoms. The molecule has 0 bridgehead atoms. The highest BCUT2D eigenvalue weighted by Gasteiger charge is 2.07. The molecule has 0 aliphatic rings. The molecule has 128 valence electrons. The van der Waals surface area contributed by atoms with Gasteiger partial charge in [0.05, 0.1) is 11.4 Å². The molecular weight excluding hydrogens is 334 g/mol. The molecule has 3 aromatic rings. The van der Waals surface area contributed by atoms with Crippen LogP contribution in [0.1, 0.15) is 21.5 Å². The number of amides is 1. The van der Waals surface area contributed by atoms with E-state index in [4.69, 9.17) is 4.74 Å². The van der Waals surface area contributed by atoms with E-state index in [-0.39, 0.29) is 5.91 Å².